The lowest BCUT2D eigenvalue weighted by Crippen LogP contribution is -2.49. The lowest BCUT2D eigenvalue weighted by atomic mass is 10.1. The zero-order valence-electron chi connectivity index (χ0n) is 10.5. The molecular formula is C12H18N2O3. The maximum atomic E-state index is 11.7. The van der Waals surface area contributed by atoms with Crippen LogP contribution in [0, 0.1) is 0 Å². The van der Waals surface area contributed by atoms with Crippen molar-refractivity contribution < 1.29 is 4.74 Å². The second kappa shape index (κ2) is 4.49. The van der Waals surface area contributed by atoms with Gasteiger partial charge in [-0.15, -0.1) is 0 Å². The van der Waals surface area contributed by atoms with Gasteiger partial charge in [0.05, 0.1) is 13.2 Å². The van der Waals surface area contributed by atoms with Crippen molar-refractivity contribution in [2.24, 2.45) is 0 Å². The van der Waals surface area contributed by atoms with Gasteiger partial charge in [-0.2, -0.15) is 0 Å². The molecule has 0 atom stereocenters. The van der Waals surface area contributed by atoms with Crippen LogP contribution in [0.4, 0.5) is 11.4 Å². The van der Waals surface area contributed by atoms with E-state index in [9.17, 15) is 9.59 Å². The van der Waals surface area contributed by atoms with E-state index in [0.717, 1.165) is 0 Å². The molecule has 0 aromatic heterocycles. The number of morpholine rings is 1. The van der Waals surface area contributed by atoms with E-state index in [1.54, 1.807) is 0 Å². The van der Waals surface area contributed by atoms with Gasteiger partial charge in [-0.05, 0) is 13.8 Å². The molecule has 1 heterocycles. The van der Waals surface area contributed by atoms with Crippen molar-refractivity contribution in [3.05, 3.63) is 20.4 Å². The normalized spacial score (nSPS) is 16.8. The highest BCUT2D eigenvalue weighted by atomic mass is 16.5. The number of anilines is 2. The molecule has 0 bridgehead atoms. The lowest BCUT2D eigenvalue weighted by Gasteiger charge is -2.34. The van der Waals surface area contributed by atoms with E-state index in [-0.39, 0.29) is 16.9 Å². The van der Waals surface area contributed by atoms with E-state index in [0.29, 0.717) is 37.7 Å². The second-order valence-electron chi connectivity index (χ2n) is 4.66. The molecule has 0 unspecified atom stereocenters. The summed E-state index contributed by atoms with van der Waals surface area (Å²) in [5.74, 6) is 0. The molecule has 1 aliphatic rings. The van der Waals surface area contributed by atoms with Crippen molar-refractivity contribution >= 4 is 11.4 Å². The highest BCUT2D eigenvalue weighted by Gasteiger charge is 2.29. The molecule has 0 spiro atoms. The summed E-state index contributed by atoms with van der Waals surface area (Å²) < 4.78 is 5.25. The minimum Gasteiger partial charge on any atom is -0.378 e. The first-order valence-electron chi connectivity index (χ1n) is 5.93. The highest BCUT2D eigenvalue weighted by molar-refractivity contribution is 5.76. The molecular weight excluding hydrogens is 220 g/mol. The average molecular weight is 238 g/mol. The Kier molecular flexibility index (Phi) is 3.19. The Morgan fingerprint density at radius 2 is 1.76 bits per heavy atom. The number of hydrogen-bond acceptors (Lipinski definition) is 5. The van der Waals surface area contributed by atoms with Crippen LogP contribution >= 0.6 is 0 Å². The Morgan fingerprint density at radius 1 is 1.18 bits per heavy atom. The quantitative estimate of drug-likeness (QED) is 0.692. The molecule has 1 fully saturated rings. The summed E-state index contributed by atoms with van der Waals surface area (Å²) in [4.78, 5) is 27.2. The Balaban J connectivity index is 2.31. The van der Waals surface area contributed by atoms with Gasteiger partial charge in [0.15, 0.2) is 0 Å². The zero-order valence-corrected chi connectivity index (χ0v) is 10.5. The molecule has 5 heteroatoms. The molecule has 0 radical (unpaired) electrons. The SMILES string of the molecule is CC(C)N(C)c1c(N2CCOCC2)c(=O)c1=O. The summed E-state index contributed by atoms with van der Waals surface area (Å²) in [5.41, 5.74) is 0.429. The summed E-state index contributed by atoms with van der Waals surface area (Å²) in [6.45, 7) is 6.60. The van der Waals surface area contributed by atoms with Crippen molar-refractivity contribution in [3.8, 4) is 0 Å². The first kappa shape index (κ1) is 12.1. The van der Waals surface area contributed by atoms with Gasteiger partial charge < -0.3 is 14.5 Å². The van der Waals surface area contributed by atoms with Crippen LogP contribution in [0.3, 0.4) is 0 Å². The van der Waals surface area contributed by atoms with Crippen LogP contribution in [0.5, 0.6) is 0 Å². The largest absolute Gasteiger partial charge is 0.378 e. The van der Waals surface area contributed by atoms with Gasteiger partial charge in [0.25, 0.3) is 10.9 Å². The van der Waals surface area contributed by atoms with Crippen molar-refractivity contribution in [2.75, 3.05) is 43.2 Å². The third kappa shape index (κ3) is 1.95. The smallest absolute Gasteiger partial charge is 0.253 e. The number of ether oxygens (including phenoxy) is 1. The number of rotatable bonds is 3. The van der Waals surface area contributed by atoms with Crippen LogP contribution in [-0.2, 0) is 4.74 Å². The molecule has 0 N–H and O–H groups in total. The van der Waals surface area contributed by atoms with Crippen LogP contribution in [0.25, 0.3) is 0 Å². The van der Waals surface area contributed by atoms with E-state index in [4.69, 9.17) is 4.74 Å². The van der Waals surface area contributed by atoms with Crippen molar-refractivity contribution in [2.45, 2.75) is 19.9 Å². The van der Waals surface area contributed by atoms with Crippen molar-refractivity contribution in [3.63, 3.8) is 0 Å². The second-order valence-corrected chi connectivity index (χ2v) is 4.66. The van der Waals surface area contributed by atoms with E-state index in [2.05, 4.69) is 0 Å². The van der Waals surface area contributed by atoms with E-state index in [1.807, 2.05) is 30.7 Å². The number of hydrogen-bond donors (Lipinski definition) is 0. The zero-order chi connectivity index (χ0) is 12.6. The highest BCUT2D eigenvalue weighted by Crippen LogP contribution is 2.25. The summed E-state index contributed by atoms with van der Waals surface area (Å²) in [6, 6.07) is 0.207. The average Bonchev–Trinajstić information content (AvgIpc) is 2.34. The van der Waals surface area contributed by atoms with Crippen LogP contribution in [0.15, 0.2) is 9.59 Å². The fourth-order valence-corrected chi connectivity index (χ4v) is 2.03. The lowest BCUT2D eigenvalue weighted by molar-refractivity contribution is 0.122. The maximum absolute atomic E-state index is 11.7. The third-order valence-electron chi connectivity index (χ3n) is 3.32. The van der Waals surface area contributed by atoms with E-state index < -0.39 is 0 Å². The standard InChI is InChI=1S/C12H18N2O3/c1-8(2)13(3)9-10(12(16)11(9)15)14-4-6-17-7-5-14/h8H,4-7H2,1-3H3. The Bertz CT molecular complexity index is 468. The first-order chi connectivity index (χ1) is 8.04. The minimum atomic E-state index is -0.359. The van der Waals surface area contributed by atoms with Gasteiger partial charge in [0.1, 0.15) is 11.4 Å². The summed E-state index contributed by atoms with van der Waals surface area (Å²) in [5, 5.41) is 0. The molecule has 1 aromatic carbocycles. The van der Waals surface area contributed by atoms with Crippen LogP contribution in [0.1, 0.15) is 13.8 Å². The van der Waals surface area contributed by atoms with E-state index >= 15 is 0 Å². The summed E-state index contributed by atoms with van der Waals surface area (Å²) in [7, 11) is 1.85. The van der Waals surface area contributed by atoms with E-state index in [1.165, 1.54) is 0 Å². The van der Waals surface area contributed by atoms with Gasteiger partial charge in [-0.25, -0.2) is 0 Å². The fourth-order valence-electron chi connectivity index (χ4n) is 2.03. The van der Waals surface area contributed by atoms with Gasteiger partial charge in [0.2, 0.25) is 0 Å². The van der Waals surface area contributed by atoms with Gasteiger partial charge in [-0.1, -0.05) is 0 Å². The van der Waals surface area contributed by atoms with Crippen LogP contribution in [-0.4, -0.2) is 39.4 Å². The van der Waals surface area contributed by atoms with Crippen molar-refractivity contribution in [1.29, 1.82) is 0 Å². The van der Waals surface area contributed by atoms with Gasteiger partial charge >= 0.3 is 0 Å². The third-order valence-corrected chi connectivity index (χ3v) is 3.32. The molecule has 2 rings (SSSR count). The van der Waals surface area contributed by atoms with Gasteiger partial charge in [-0.3, -0.25) is 9.59 Å². The Morgan fingerprint density at radius 3 is 2.29 bits per heavy atom. The minimum absolute atomic E-state index is 0.207. The molecule has 17 heavy (non-hydrogen) atoms. The van der Waals surface area contributed by atoms with Gasteiger partial charge in [0, 0.05) is 26.2 Å². The first-order valence-corrected chi connectivity index (χ1v) is 5.93. The molecule has 0 saturated carbocycles. The molecule has 0 amide bonds. The molecule has 1 aliphatic heterocycles. The summed E-state index contributed by atoms with van der Waals surface area (Å²) in [6.07, 6.45) is 0. The van der Waals surface area contributed by atoms with Crippen molar-refractivity contribution in [1.82, 2.24) is 0 Å². The molecule has 0 aliphatic carbocycles. The molecule has 5 nitrogen and oxygen atoms in total. The van der Waals surface area contributed by atoms with Crippen LogP contribution < -0.4 is 20.7 Å². The molecule has 1 aromatic rings. The fraction of sp³-hybridized carbons (Fsp3) is 0.667. The predicted molar refractivity (Wildman–Crippen MR) is 67.9 cm³/mol. The molecule has 94 valence electrons. The Hall–Kier alpha value is -1.36. The number of nitrogens with zero attached hydrogens (tertiary/aromatic N) is 2. The maximum Gasteiger partial charge on any atom is 0.253 e. The Labute approximate surface area is 100 Å². The van der Waals surface area contributed by atoms with Crippen LogP contribution in [0.2, 0.25) is 0 Å². The molecule has 1 saturated heterocycles. The summed E-state index contributed by atoms with van der Waals surface area (Å²) >= 11 is 0. The predicted octanol–water partition coefficient (Wildman–Crippen LogP) is -0.0362. The monoisotopic (exact) mass is 238 g/mol. The topological polar surface area (TPSA) is 49.9 Å².